The zero-order chi connectivity index (χ0) is 46.6. The Labute approximate surface area is 383 Å². The van der Waals surface area contributed by atoms with E-state index in [1.165, 1.54) is 83.5 Å². The molecule has 0 spiro atoms. The van der Waals surface area contributed by atoms with Crippen LogP contribution in [0.5, 0.6) is 0 Å². The maximum absolute atomic E-state index is 12.8. The van der Waals surface area contributed by atoms with E-state index < -0.39 is 44.7 Å². The van der Waals surface area contributed by atoms with Crippen LogP contribution in [0, 0.1) is 11.8 Å². The van der Waals surface area contributed by atoms with E-state index in [0.717, 1.165) is 57.8 Å². The Hall–Kier alpha value is -1.92. The predicted octanol–water partition coefficient (Wildman–Crippen LogP) is 10.7. The van der Waals surface area contributed by atoms with Gasteiger partial charge in [0, 0.05) is 31.1 Å². The summed E-state index contributed by atoms with van der Waals surface area (Å²) in [5, 5.41) is 20.8. The fourth-order valence-electron chi connectivity index (χ4n) is 7.84. The van der Waals surface area contributed by atoms with Gasteiger partial charge >= 0.3 is 11.9 Å². The van der Waals surface area contributed by atoms with Gasteiger partial charge in [-0.05, 0) is 51.4 Å². The lowest BCUT2D eigenvalue weighted by molar-refractivity contribution is -0.870. The van der Waals surface area contributed by atoms with Crippen molar-refractivity contribution in [3.8, 4) is 0 Å². The van der Waals surface area contributed by atoms with Crippen LogP contribution in [-0.4, -0.2) is 98.2 Å². The molecule has 12 nitrogen and oxygen atoms in total. The van der Waals surface area contributed by atoms with E-state index in [-0.39, 0.29) is 50.1 Å². The van der Waals surface area contributed by atoms with Gasteiger partial charge in [0.25, 0.3) is 7.82 Å². The maximum atomic E-state index is 12.8. The summed E-state index contributed by atoms with van der Waals surface area (Å²) in [6, 6.07) is 0. The first-order valence-corrected chi connectivity index (χ1v) is 26.6. The number of ketones is 1. The van der Waals surface area contributed by atoms with Crippen molar-refractivity contribution in [1.29, 1.82) is 0 Å². The summed E-state index contributed by atoms with van der Waals surface area (Å²) in [7, 11) is 1.04. The Morgan fingerprint density at radius 3 is 1.86 bits per heavy atom. The number of carbonyl (C=O) groups is 3. The summed E-state index contributed by atoms with van der Waals surface area (Å²) < 4.78 is 34.0. The van der Waals surface area contributed by atoms with Crippen LogP contribution in [-0.2, 0) is 37.5 Å². The summed E-state index contributed by atoms with van der Waals surface area (Å²) in [5.74, 6) is -1.51. The number of likely N-dealkylation sites (N-methyl/N-ethyl adjacent to an activating group) is 1. The van der Waals surface area contributed by atoms with Gasteiger partial charge in [0.2, 0.25) is 0 Å². The third kappa shape index (κ3) is 34.1. The highest BCUT2D eigenvalue weighted by Crippen LogP contribution is 2.38. The predicted molar refractivity (Wildman–Crippen MR) is 251 cm³/mol. The lowest BCUT2D eigenvalue weighted by Gasteiger charge is -2.28. The molecule has 2 N–H and O–H groups in total. The van der Waals surface area contributed by atoms with Gasteiger partial charge in [0.1, 0.15) is 25.5 Å². The van der Waals surface area contributed by atoms with Crippen LogP contribution in [0.2, 0.25) is 0 Å². The number of rotatable bonds is 42. The Balaban J connectivity index is 2.39. The molecule has 1 aliphatic rings. The first-order chi connectivity index (χ1) is 30.2. The monoisotopic (exact) mass is 914 g/mol. The zero-order valence-corrected chi connectivity index (χ0v) is 41.4. The van der Waals surface area contributed by atoms with Gasteiger partial charge in [-0.1, -0.05) is 154 Å². The molecule has 0 aromatic carbocycles. The second-order valence-electron chi connectivity index (χ2n) is 19.0. The Bertz CT molecular complexity index is 1290. The van der Waals surface area contributed by atoms with Gasteiger partial charge in [-0.2, -0.15) is 0 Å². The number of carbonyl (C=O) groups excluding carboxylic acids is 3. The van der Waals surface area contributed by atoms with E-state index in [0.29, 0.717) is 36.7 Å². The molecular weight excluding hydrogens is 822 g/mol. The summed E-state index contributed by atoms with van der Waals surface area (Å²) in [6.45, 7) is 3.87. The molecule has 0 saturated heterocycles. The molecule has 1 saturated carbocycles. The molecule has 0 aliphatic heterocycles. The number of unbranched alkanes of at least 4 members (excludes halogenated alkanes) is 20. The number of ether oxygens (including phenoxy) is 2. The van der Waals surface area contributed by atoms with Crippen molar-refractivity contribution in [2.75, 3.05) is 47.5 Å². The van der Waals surface area contributed by atoms with Crippen LogP contribution in [0.25, 0.3) is 0 Å². The number of Topliss-reactive ketones (excluding diaryl/α,β-unsaturated/α-hetero) is 1. The molecule has 6 atom stereocenters. The molecule has 0 bridgehead atoms. The van der Waals surface area contributed by atoms with Crippen LogP contribution < -0.4 is 4.89 Å². The van der Waals surface area contributed by atoms with Gasteiger partial charge in [0.05, 0.1) is 40.0 Å². The molecule has 1 fully saturated rings. The van der Waals surface area contributed by atoms with E-state index >= 15 is 0 Å². The quantitative estimate of drug-likeness (QED) is 0.0197. The third-order valence-electron chi connectivity index (χ3n) is 11.8. The fraction of sp³-hybridized carbons (Fsp3) is 0.860. The topological polar surface area (TPSA) is 169 Å². The lowest BCUT2D eigenvalue weighted by atomic mass is 9.88. The number of esters is 2. The van der Waals surface area contributed by atoms with E-state index in [1.54, 1.807) is 6.08 Å². The largest absolute Gasteiger partial charge is 0.756 e. The van der Waals surface area contributed by atoms with Crippen molar-refractivity contribution in [2.24, 2.45) is 11.8 Å². The summed E-state index contributed by atoms with van der Waals surface area (Å²) in [4.78, 5) is 50.5. The molecule has 13 heteroatoms. The molecule has 0 radical (unpaired) electrons. The van der Waals surface area contributed by atoms with Crippen LogP contribution in [0.15, 0.2) is 24.3 Å². The van der Waals surface area contributed by atoms with Crippen molar-refractivity contribution in [2.45, 2.75) is 218 Å². The van der Waals surface area contributed by atoms with E-state index in [2.05, 4.69) is 26.0 Å². The lowest BCUT2D eigenvalue weighted by Crippen LogP contribution is -2.37. The number of phosphoric acid groups is 1. The molecular formula is C50H92NO11P. The van der Waals surface area contributed by atoms with Gasteiger partial charge in [-0.15, -0.1) is 0 Å². The van der Waals surface area contributed by atoms with Crippen molar-refractivity contribution >= 4 is 25.5 Å². The van der Waals surface area contributed by atoms with E-state index in [9.17, 15) is 34.1 Å². The van der Waals surface area contributed by atoms with E-state index in [1.807, 2.05) is 27.2 Å². The molecule has 0 amide bonds. The van der Waals surface area contributed by atoms with Gasteiger partial charge in [-0.3, -0.25) is 18.9 Å². The minimum absolute atomic E-state index is 0.0496. The van der Waals surface area contributed by atoms with E-state index in [4.69, 9.17) is 18.5 Å². The average Bonchev–Trinajstić information content (AvgIpc) is 3.50. The van der Waals surface area contributed by atoms with Crippen LogP contribution in [0.1, 0.15) is 200 Å². The van der Waals surface area contributed by atoms with Gasteiger partial charge in [-0.25, -0.2) is 0 Å². The summed E-state index contributed by atoms with van der Waals surface area (Å²) >= 11 is 0. The second kappa shape index (κ2) is 37.2. The molecule has 1 aliphatic carbocycles. The number of quaternary nitrogens is 1. The molecule has 0 heterocycles. The molecule has 368 valence electrons. The number of hydrogen-bond donors (Lipinski definition) is 2. The molecule has 1 unspecified atom stereocenters. The highest BCUT2D eigenvalue weighted by atomic mass is 31.2. The summed E-state index contributed by atoms with van der Waals surface area (Å²) in [5.41, 5.74) is 0. The molecule has 0 aromatic heterocycles. The highest BCUT2D eigenvalue weighted by molar-refractivity contribution is 7.45. The zero-order valence-electron chi connectivity index (χ0n) is 40.5. The number of hydrogen-bond acceptors (Lipinski definition) is 11. The average molecular weight is 914 g/mol. The minimum Gasteiger partial charge on any atom is -0.756 e. The molecule has 1 rings (SSSR count). The number of phosphoric ester groups is 1. The molecule has 0 aromatic rings. The van der Waals surface area contributed by atoms with Crippen LogP contribution in [0.3, 0.4) is 0 Å². The standard InChI is InChI=1S/C50H92NO11P/c1-6-8-10-11-12-13-14-15-16-17-18-19-20-21-22-23-24-25-31-35-50(56)62-44(42-61-63(57,58)60-39-38-51(3,4)5)41-59-49(55)34-30-27-26-29-33-45-46(48(54)40-47(45)53)37-36-43(52)32-28-9-7-2/h15-16,36-37,43-46,48,52,54H,6-14,17-35,38-42H2,1-5H3/b16-15-,37-36+/t43-,44+,45+,46+,48+/m0/s1. The Kier molecular flexibility index (Phi) is 34.9. The first kappa shape index (κ1) is 59.1. The normalized spacial score (nSPS) is 18.9. The van der Waals surface area contributed by atoms with Crippen LogP contribution in [0.4, 0.5) is 0 Å². The fourth-order valence-corrected chi connectivity index (χ4v) is 8.57. The second-order valence-corrected chi connectivity index (χ2v) is 20.4. The SMILES string of the molecule is CCCCCCCC/C=C\CCCCCCCCCCCC(=O)O[C@H](COC(=O)CCCCCC[C@H]1C(=O)C[C@@H](O)[C@@H]1/C=C/[C@@H](O)CCCCC)COP(=O)([O-])OCC[N+](C)(C)C. The number of aliphatic hydroxyl groups excluding tert-OH is 2. The minimum atomic E-state index is -4.69. The Morgan fingerprint density at radius 1 is 0.746 bits per heavy atom. The number of nitrogens with zero attached hydrogens (tertiary/aromatic N) is 1. The van der Waals surface area contributed by atoms with Crippen LogP contribution >= 0.6 is 7.82 Å². The van der Waals surface area contributed by atoms with Crippen molar-refractivity contribution < 1.29 is 57.1 Å². The highest BCUT2D eigenvalue weighted by Gasteiger charge is 2.39. The third-order valence-corrected chi connectivity index (χ3v) is 12.8. The number of aliphatic hydroxyl groups is 2. The number of allylic oxidation sites excluding steroid dienone is 2. The van der Waals surface area contributed by atoms with Crippen molar-refractivity contribution in [3.05, 3.63) is 24.3 Å². The van der Waals surface area contributed by atoms with Gasteiger partial charge in [0.15, 0.2) is 6.10 Å². The smallest absolute Gasteiger partial charge is 0.306 e. The maximum Gasteiger partial charge on any atom is 0.306 e. The van der Waals surface area contributed by atoms with Gasteiger partial charge < -0.3 is 38.1 Å². The first-order valence-electron chi connectivity index (χ1n) is 25.1. The Morgan fingerprint density at radius 2 is 1.27 bits per heavy atom. The molecule has 63 heavy (non-hydrogen) atoms. The van der Waals surface area contributed by atoms with Crippen molar-refractivity contribution in [1.82, 2.24) is 0 Å². The summed E-state index contributed by atoms with van der Waals surface area (Å²) in [6.07, 6.45) is 33.8. The van der Waals surface area contributed by atoms with Crippen molar-refractivity contribution in [3.63, 3.8) is 0 Å².